The molecule has 1 aromatic carbocycles. The molecule has 0 saturated heterocycles. The highest BCUT2D eigenvalue weighted by molar-refractivity contribution is 5.95. The topological polar surface area (TPSA) is 80.9 Å². The number of anilines is 2. The highest BCUT2D eigenvalue weighted by Crippen LogP contribution is 2.20. The second kappa shape index (κ2) is 4.78. The molecule has 0 aliphatic carbocycles. The lowest BCUT2D eigenvalue weighted by atomic mass is 10.2. The Balaban J connectivity index is 2.29. The largest absolute Gasteiger partial charge is 0.383 e. The molecule has 1 heterocycles. The van der Waals surface area contributed by atoms with E-state index in [9.17, 15) is 4.79 Å². The Morgan fingerprint density at radius 1 is 1.41 bits per heavy atom. The zero-order valence-electron chi connectivity index (χ0n) is 9.60. The molecule has 88 valence electrons. The number of nitrogens with one attached hydrogen (secondary N) is 1. The van der Waals surface area contributed by atoms with Crippen molar-refractivity contribution in [3.8, 4) is 0 Å². The monoisotopic (exact) mass is 230 g/mol. The second-order valence-corrected chi connectivity index (χ2v) is 3.79. The first-order valence-electron chi connectivity index (χ1n) is 5.51. The van der Waals surface area contributed by atoms with Crippen LogP contribution < -0.4 is 11.1 Å². The standard InChI is InChI=1S/C12H14N4O/c1-2-3-11(17)16-8-4-5-9-10(6-8)14-7-15-12(9)13/h4-7H,2-3H2,1H3,(H,16,17)(H2,13,14,15). The van der Waals surface area contributed by atoms with Gasteiger partial charge in [0.15, 0.2) is 0 Å². The van der Waals surface area contributed by atoms with Crippen molar-refractivity contribution < 1.29 is 4.79 Å². The van der Waals surface area contributed by atoms with Gasteiger partial charge in [0.05, 0.1) is 5.52 Å². The molecule has 0 unspecified atom stereocenters. The van der Waals surface area contributed by atoms with E-state index in [2.05, 4.69) is 15.3 Å². The number of fused-ring (bicyclic) bond motifs is 1. The van der Waals surface area contributed by atoms with Gasteiger partial charge in [-0.3, -0.25) is 4.79 Å². The van der Waals surface area contributed by atoms with Gasteiger partial charge in [0.1, 0.15) is 12.1 Å². The molecule has 5 nitrogen and oxygen atoms in total. The van der Waals surface area contributed by atoms with Crippen molar-refractivity contribution in [2.24, 2.45) is 0 Å². The molecule has 1 aromatic heterocycles. The number of carbonyl (C=O) groups excluding carboxylic acids is 1. The van der Waals surface area contributed by atoms with Crippen LogP contribution in [0.5, 0.6) is 0 Å². The Morgan fingerprint density at radius 2 is 2.24 bits per heavy atom. The number of amides is 1. The number of benzene rings is 1. The Hall–Kier alpha value is -2.17. The molecule has 5 heteroatoms. The van der Waals surface area contributed by atoms with Crippen molar-refractivity contribution in [2.45, 2.75) is 19.8 Å². The van der Waals surface area contributed by atoms with Crippen molar-refractivity contribution >= 4 is 28.3 Å². The Labute approximate surface area is 99.1 Å². The van der Waals surface area contributed by atoms with Gasteiger partial charge in [-0.1, -0.05) is 6.92 Å². The lowest BCUT2D eigenvalue weighted by molar-refractivity contribution is -0.116. The molecule has 2 aromatic rings. The fourth-order valence-electron chi connectivity index (χ4n) is 1.61. The fraction of sp³-hybridized carbons (Fsp3) is 0.250. The molecule has 3 N–H and O–H groups in total. The van der Waals surface area contributed by atoms with E-state index in [4.69, 9.17) is 5.73 Å². The van der Waals surface area contributed by atoms with Crippen LogP contribution in [0.15, 0.2) is 24.5 Å². The second-order valence-electron chi connectivity index (χ2n) is 3.79. The highest BCUT2D eigenvalue weighted by Gasteiger charge is 2.04. The summed E-state index contributed by atoms with van der Waals surface area (Å²) in [5.74, 6) is 0.454. The number of carbonyl (C=O) groups is 1. The molecule has 2 rings (SSSR count). The summed E-state index contributed by atoms with van der Waals surface area (Å²) < 4.78 is 0. The summed E-state index contributed by atoms with van der Waals surface area (Å²) in [5.41, 5.74) is 7.18. The number of hydrogen-bond acceptors (Lipinski definition) is 4. The molecule has 0 aliphatic heterocycles. The zero-order chi connectivity index (χ0) is 12.3. The Bertz CT molecular complexity index is 553. The van der Waals surface area contributed by atoms with E-state index in [1.807, 2.05) is 13.0 Å². The van der Waals surface area contributed by atoms with Gasteiger partial charge in [-0.15, -0.1) is 0 Å². The minimum Gasteiger partial charge on any atom is -0.383 e. The molecule has 0 fully saturated rings. The molecule has 0 bridgehead atoms. The van der Waals surface area contributed by atoms with E-state index in [-0.39, 0.29) is 5.91 Å². The molecule has 0 spiro atoms. The van der Waals surface area contributed by atoms with E-state index >= 15 is 0 Å². The van der Waals surface area contributed by atoms with Gasteiger partial charge in [-0.25, -0.2) is 9.97 Å². The molecule has 0 atom stereocenters. The summed E-state index contributed by atoms with van der Waals surface area (Å²) in [6.45, 7) is 1.97. The first-order chi connectivity index (χ1) is 8.20. The van der Waals surface area contributed by atoms with Gasteiger partial charge >= 0.3 is 0 Å². The maximum absolute atomic E-state index is 11.4. The summed E-state index contributed by atoms with van der Waals surface area (Å²) in [6.07, 6.45) is 2.76. The van der Waals surface area contributed by atoms with Crippen LogP contribution in [0.4, 0.5) is 11.5 Å². The zero-order valence-corrected chi connectivity index (χ0v) is 9.60. The van der Waals surface area contributed by atoms with E-state index in [1.54, 1.807) is 12.1 Å². The minimum absolute atomic E-state index is 0.00822. The minimum atomic E-state index is 0.00822. The van der Waals surface area contributed by atoms with Crippen LogP contribution in [0.1, 0.15) is 19.8 Å². The lowest BCUT2D eigenvalue weighted by Gasteiger charge is -2.06. The average Bonchev–Trinajstić information content (AvgIpc) is 2.29. The van der Waals surface area contributed by atoms with Crippen molar-refractivity contribution in [1.29, 1.82) is 0 Å². The van der Waals surface area contributed by atoms with Gasteiger partial charge in [0, 0.05) is 17.5 Å². The third-order valence-corrected chi connectivity index (χ3v) is 2.43. The summed E-state index contributed by atoms with van der Waals surface area (Å²) in [5, 5.41) is 3.61. The van der Waals surface area contributed by atoms with Gasteiger partial charge < -0.3 is 11.1 Å². The molecule has 1 amide bonds. The van der Waals surface area contributed by atoms with Gasteiger partial charge in [0.2, 0.25) is 5.91 Å². The predicted octanol–water partition coefficient (Wildman–Crippen LogP) is 1.95. The maximum atomic E-state index is 11.4. The van der Waals surface area contributed by atoms with Gasteiger partial charge in [-0.05, 0) is 24.6 Å². The summed E-state index contributed by atoms with van der Waals surface area (Å²) in [7, 11) is 0. The highest BCUT2D eigenvalue weighted by atomic mass is 16.1. The summed E-state index contributed by atoms with van der Waals surface area (Å²) >= 11 is 0. The number of aromatic nitrogens is 2. The molecule has 0 aliphatic rings. The SMILES string of the molecule is CCCC(=O)Nc1ccc2c(N)ncnc2c1. The van der Waals surface area contributed by atoms with Crippen LogP contribution in [0.2, 0.25) is 0 Å². The van der Waals surface area contributed by atoms with Crippen molar-refractivity contribution in [3.05, 3.63) is 24.5 Å². The average molecular weight is 230 g/mol. The maximum Gasteiger partial charge on any atom is 0.224 e. The van der Waals surface area contributed by atoms with Crippen molar-refractivity contribution in [3.63, 3.8) is 0 Å². The number of nitrogens with two attached hydrogens (primary N) is 1. The number of rotatable bonds is 3. The van der Waals surface area contributed by atoms with E-state index < -0.39 is 0 Å². The van der Waals surface area contributed by atoms with Crippen LogP contribution in [0, 0.1) is 0 Å². The third-order valence-electron chi connectivity index (χ3n) is 2.43. The smallest absolute Gasteiger partial charge is 0.224 e. The summed E-state index contributed by atoms with van der Waals surface area (Å²) in [6, 6.07) is 5.41. The van der Waals surface area contributed by atoms with Crippen molar-refractivity contribution in [2.75, 3.05) is 11.1 Å². The Kier molecular flexibility index (Phi) is 3.18. The van der Waals surface area contributed by atoms with Crippen LogP contribution in [-0.4, -0.2) is 15.9 Å². The fourth-order valence-corrected chi connectivity index (χ4v) is 1.61. The lowest BCUT2D eigenvalue weighted by Crippen LogP contribution is -2.10. The summed E-state index contributed by atoms with van der Waals surface area (Å²) in [4.78, 5) is 19.5. The van der Waals surface area contributed by atoms with Crippen molar-refractivity contribution in [1.82, 2.24) is 9.97 Å². The number of nitrogens with zero attached hydrogens (tertiary/aromatic N) is 2. The van der Waals surface area contributed by atoms with Gasteiger partial charge in [-0.2, -0.15) is 0 Å². The van der Waals surface area contributed by atoms with E-state index in [1.165, 1.54) is 6.33 Å². The van der Waals surface area contributed by atoms with E-state index in [0.29, 0.717) is 12.2 Å². The van der Waals surface area contributed by atoms with Crippen LogP contribution >= 0.6 is 0 Å². The quantitative estimate of drug-likeness (QED) is 0.844. The molecular weight excluding hydrogens is 216 g/mol. The number of nitrogen functional groups attached to an aromatic ring is 1. The van der Waals surface area contributed by atoms with Crippen LogP contribution in [0.25, 0.3) is 10.9 Å². The normalized spacial score (nSPS) is 10.4. The Morgan fingerprint density at radius 3 is 3.00 bits per heavy atom. The number of hydrogen-bond donors (Lipinski definition) is 2. The first kappa shape index (κ1) is 11.3. The predicted molar refractivity (Wildman–Crippen MR) is 67.5 cm³/mol. The molecule has 0 radical (unpaired) electrons. The van der Waals surface area contributed by atoms with Crippen LogP contribution in [0.3, 0.4) is 0 Å². The van der Waals surface area contributed by atoms with Crippen LogP contribution in [-0.2, 0) is 4.79 Å². The van der Waals surface area contributed by atoms with E-state index in [0.717, 1.165) is 23.0 Å². The third kappa shape index (κ3) is 2.50. The molecule has 17 heavy (non-hydrogen) atoms. The van der Waals surface area contributed by atoms with Gasteiger partial charge in [0.25, 0.3) is 0 Å². The first-order valence-corrected chi connectivity index (χ1v) is 5.51. The molecule has 0 saturated carbocycles. The molecular formula is C12H14N4O.